The predicted molar refractivity (Wildman–Crippen MR) is 102 cm³/mol. The Morgan fingerprint density at radius 3 is 2.71 bits per heavy atom. The number of aryl methyl sites for hydroxylation is 1. The third kappa shape index (κ3) is 2.16. The zero-order chi connectivity index (χ0) is 19.5. The summed E-state index contributed by atoms with van der Waals surface area (Å²) in [5.41, 5.74) is -0.522. The molecule has 5 rings (SSSR count). The molecule has 7 heteroatoms. The molecule has 2 aromatic rings. The van der Waals surface area contributed by atoms with Crippen LogP contribution >= 0.6 is 0 Å². The molecule has 2 aliphatic heterocycles. The number of hydrogen-bond acceptors (Lipinski definition) is 4. The molecule has 2 N–H and O–H groups in total. The molecule has 1 aliphatic carbocycles. The number of aliphatic hydroxyl groups is 1. The zero-order valence-electron chi connectivity index (χ0n) is 15.9. The van der Waals surface area contributed by atoms with Crippen LogP contribution in [0, 0.1) is 0 Å². The molecule has 0 radical (unpaired) electrons. The van der Waals surface area contributed by atoms with E-state index in [-0.39, 0.29) is 11.8 Å². The van der Waals surface area contributed by atoms with Crippen LogP contribution in [0.3, 0.4) is 0 Å². The van der Waals surface area contributed by atoms with Crippen molar-refractivity contribution in [2.75, 3.05) is 11.9 Å². The van der Waals surface area contributed by atoms with Crippen molar-refractivity contribution in [3.8, 4) is 0 Å². The molecule has 3 aliphatic rings. The largest absolute Gasteiger partial charge is 0.380 e. The third-order valence-electron chi connectivity index (χ3n) is 6.78. The van der Waals surface area contributed by atoms with Crippen LogP contribution in [-0.2, 0) is 22.1 Å². The molecular formula is C21H24N4O3. The molecule has 1 aromatic heterocycles. The summed E-state index contributed by atoms with van der Waals surface area (Å²) in [5, 5.41) is 14.0. The van der Waals surface area contributed by atoms with Gasteiger partial charge in [-0.3, -0.25) is 9.59 Å². The van der Waals surface area contributed by atoms with Gasteiger partial charge in [0, 0.05) is 31.7 Å². The van der Waals surface area contributed by atoms with Crippen LogP contribution in [0.4, 0.5) is 5.69 Å². The number of nitrogens with one attached hydrogen (secondary N) is 1. The average molecular weight is 380 g/mol. The second-order valence-electron chi connectivity index (χ2n) is 8.26. The molecule has 1 spiro atoms. The first-order valence-corrected chi connectivity index (χ1v) is 9.89. The number of fused-ring (bicyclic) bond motifs is 2. The van der Waals surface area contributed by atoms with Crippen LogP contribution in [-0.4, -0.2) is 43.5 Å². The van der Waals surface area contributed by atoms with Gasteiger partial charge in [0.05, 0.1) is 0 Å². The van der Waals surface area contributed by atoms with Gasteiger partial charge in [0.1, 0.15) is 22.9 Å². The summed E-state index contributed by atoms with van der Waals surface area (Å²) in [6.45, 7) is 0.417. The average Bonchev–Trinajstić information content (AvgIpc) is 3.44. The fourth-order valence-corrected chi connectivity index (χ4v) is 5.35. The van der Waals surface area contributed by atoms with E-state index in [0.29, 0.717) is 31.6 Å². The summed E-state index contributed by atoms with van der Waals surface area (Å²) >= 11 is 0. The van der Waals surface area contributed by atoms with Gasteiger partial charge in [-0.25, -0.2) is 4.98 Å². The van der Waals surface area contributed by atoms with E-state index in [2.05, 4.69) is 10.3 Å². The standard InChI is InChI=1S/C21H24N4O3/c1-24-13-11-22-17(24)16-21(14-6-2-3-7-15(14)23-18(21)26)10-12-25(16)19(27)20(28)8-4-5-9-20/h2-3,6-7,11,13,16,28H,4-5,8-10,12H2,1H3,(H,23,26)/t16-,21+/m0/s1. The Balaban J connectivity index is 1.67. The smallest absolute Gasteiger partial charge is 0.255 e. The highest BCUT2D eigenvalue weighted by atomic mass is 16.3. The lowest BCUT2D eigenvalue weighted by atomic mass is 9.74. The van der Waals surface area contributed by atoms with Crippen LogP contribution in [0.15, 0.2) is 36.7 Å². The van der Waals surface area contributed by atoms with Gasteiger partial charge in [0.25, 0.3) is 5.91 Å². The minimum Gasteiger partial charge on any atom is -0.380 e. The van der Waals surface area contributed by atoms with E-state index in [1.807, 2.05) is 42.1 Å². The molecule has 146 valence electrons. The maximum Gasteiger partial charge on any atom is 0.255 e. The molecule has 2 amide bonds. The first-order chi connectivity index (χ1) is 13.5. The maximum absolute atomic E-state index is 13.5. The number of likely N-dealkylation sites (tertiary alicyclic amines) is 1. The van der Waals surface area contributed by atoms with Gasteiger partial charge in [0.2, 0.25) is 5.91 Å². The second-order valence-corrected chi connectivity index (χ2v) is 8.26. The summed E-state index contributed by atoms with van der Waals surface area (Å²) < 4.78 is 1.87. The maximum atomic E-state index is 13.5. The normalized spacial score (nSPS) is 28.0. The van der Waals surface area contributed by atoms with Gasteiger partial charge >= 0.3 is 0 Å². The highest BCUT2D eigenvalue weighted by molar-refractivity contribution is 6.07. The van der Waals surface area contributed by atoms with Crippen LogP contribution in [0.1, 0.15) is 49.5 Å². The molecule has 28 heavy (non-hydrogen) atoms. The highest BCUT2D eigenvalue weighted by Gasteiger charge is 2.62. The van der Waals surface area contributed by atoms with E-state index in [1.165, 1.54) is 0 Å². The Hall–Kier alpha value is -2.67. The van der Waals surface area contributed by atoms with Crippen molar-refractivity contribution in [1.29, 1.82) is 0 Å². The fourth-order valence-electron chi connectivity index (χ4n) is 5.35. The van der Waals surface area contributed by atoms with Gasteiger partial charge in [0.15, 0.2) is 0 Å². The highest BCUT2D eigenvalue weighted by Crippen LogP contribution is 2.55. The van der Waals surface area contributed by atoms with Crippen molar-refractivity contribution in [2.24, 2.45) is 7.05 Å². The zero-order valence-corrected chi connectivity index (χ0v) is 15.9. The molecule has 2 fully saturated rings. The van der Waals surface area contributed by atoms with Crippen LogP contribution in [0.25, 0.3) is 0 Å². The Kier molecular flexibility index (Phi) is 3.68. The fraction of sp³-hybridized carbons (Fsp3) is 0.476. The molecule has 0 unspecified atom stereocenters. The van der Waals surface area contributed by atoms with E-state index < -0.39 is 17.1 Å². The number of hydrogen-bond donors (Lipinski definition) is 2. The van der Waals surface area contributed by atoms with Crippen LogP contribution in [0.2, 0.25) is 0 Å². The topological polar surface area (TPSA) is 87.5 Å². The molecule has 1 aromatic carbocycles. The molecule has 0 bridgehead atoms. The number of para-hydroxylation sites is 1. The summed E-state index contributed by atoms with van der Waals surface area (Å²) in [6.07, 6.45) is 6.67. The first-order valence-electron chi connectivity index (χ1n) is 9.89. The van der Waals surface area contributed by atoms with E-state index in [1.54, 1.807) is 11.1 Å². The third-order valence-corrected chi connectivity index (χ3v) is 6.78. The van der Waals surface area contributed by atoms with E-state index in [0.717, 1.165) is 24.1 Å². The van der Waals surface area contributed by atoms with E-state index in [4.69, 9.17) is 0 Å². The Bertz CT molecular complexity index is 962. The first kappa shape index (κ1) is 17.4. The van der Waals surface area contributed by atoms with Gasteiger partial charge < -0.3 is 19.9 Å². The van der Waals surface area contributed by atoms with Gasteiger partial charge in [-0.15, -0.1) is 0 Å². The Morgan fingerprint density at radius 1 is 1.25 bits per heavy atom. The number of nitrogens with zero attached hydrogens (tertiary/aromatic N) is 3. The van der Waals surface area contributed by atoms with Crippen LogP contribution in [0.5, 0.6) is 0 Å². The lowest BCUT2D eigenvalue weighted by Crippen LogP contribution is -2.50. The summed E-state index contributed by atoms with van der Waals surface area (Å²) in [7, 11) is 1.88. The minimum atomic E-state index is -1.33. The molecule has 1 saturated heterocycles. The predicted octanol–water partition coefficient (Wildman–Crippen LogP) is 1.89. The number of rotatable bonds is 2. The van der Waals surface area contributed by atoms with Gasteiger partial charge in [-0.2, -0.15) is 0 Å². The summed E-state index contributed by atoms with van der Waals surface area (Å²) in [5.74, 6) is 0.293. The molecule has 7 nitrogen and oxygen atoms in total. The van der Waals surface area contributed by atoms with Gasteiger partial charge in [-0.05, 0) is 43.7 Å². The monoisotopic (exact) mass is 380 g/mol. The number of carbonyl (C=O) groups is 2. The van der Waals surface area contributed by atoms with Crippen molar-refractivity contribution in [3.63, 3.8) is 0 Å². The van der Waals surface area contributed by atoms with E-state index in [9.17, 15) is 14.7 Å². The quantitative estimate of drug-likeness (QED) is 0.833. The Labute approximate surface area is 163 Å². The van der Waals surface area contributed by atoms with Crippen molar-refractivity contribution >= 4 is 17.5 Å². The van der Waals surface area contributed by atoms with Crippen molar-refractivity contribution in [2.45, 2.75) is 49.2 Å². The molecular weight excluding hydrogens is 356 g/mol. The van der Waals surface area contributed by atoms with Crippen molar-refractivity contribution in [3.05, 3.63) is 48.0 Å². The Morgan fingerprint density at radius 2 is 2.00 bits per heavy atom. The van der Waals surface area contributed by atoms with E-state index >= 15 is 0 Å². The number of imidazole rings is 1. The van der Waals surface area contributed by atoms with Crippen molar-refractivity contribution in [1.82, 2.24) is 14.5 Å². The summed E-state index contributed by atoms with van der Waals surface area (Å²) in [6, 6.07) is 7.12. The number of aromatic nitrogens is 2. The minimum absolute atomic E-state index is 0.101. The van der Waals surface area contributed by atoms with Gasteiger partial charge in [-0.1, -0.05) is 18.2 Å². The lowest BCUT2D eigenvalue weighted by molar-refractivity contribution is -0.152. The molecule has 1 saturated carbocycles. The SMILES string of the molecule is Cn1ccnc1[C@@H]1N(C(=O)C2(O)CCCC2)CC[C@]12C(=O)Nc1ccccc12. The number of benzene rings is 1. The second kappa shape index (κ2) is 5.91. The van der Waals surface area contributed by atoms with Crippen molar-refractivity contribution < 1.29 is 14.7 Å². The number of carbonyl (C=O) groups excluding carboxylic acids is 2. The lowest BCUT2D eigenvalue weighted by Gasteiger charge is -2.36. The number of amides is 2. The summed E-state index contributed by atoms with van der Waals surface area (Å²) in [4.78, 5) is 33.0. The molecule has 3 heterocycles. The molecule has 2 atom stereocenters. The number of anilines is 1. The van der Waals surface area contributed by atoms with Crippen LogP contribution < -0.4 is 5.32 Å².